The van der Waals surface area contributed by atoms with Gasteiger partial charge in [0.25, 0.3) is 0 Å². The highest BCUT2D eigenvalue weighted by molar-refractivity contribution is 5.97. The van der Waals surface area contributed by atoms with Gasteiger partial charge in [0.15, 0.2) is 18.2 Å². The van der Waals surface area contributed by atoms with Crippen LogP contribution >= 0.6 is 0 Å². The molecule has 6 rings (SSSR count). The first-order valence-corrected chi connectivity index (χ1v) is 14.2. The van der Waals surface area contributed by atoms with Gasteiger partial charge >= 0.3 is 11.9 Å². The first-order chi connectivity index (χ1) is 19.2. The summed E-state index contributed by atoms with van der Waals surface area (Å²) in [6.07, 6.45) is -3.16. The van der Waals surface area contributed by atoms with Gasteiger partial charge in [-0.15, -0.1) is 0 Å². The number of ether oxygens (including phenoxy) is 3. The predicted molar refractivity (Wildman–Crippen MR) is 138 cm³/mol. The summed E-state index contributed by atoms with van der Waals surface area (Å²) in [5, 5.41) is 35.1. The third-order valence-corrected chi connectivity index (χ3v) is 11.9. The van der Waals surface area contributed by atoms with Gasteiger partial charge in [0.05, 0.1) is 36.8 Å². The number of ketones is 2. The lowest BCUT2D eigenvalue weighted by Crippen LogP contribution is -2.80. The fourth-order valence-electron chi connectivity index (χ4n) is 10.3. The molecule has 3 N–H and O–H groups in total. The number of aliphatic hydroxyl groups excluding tert-OH is 3. The molecule has 41 heavy (non-hydrogen) atoms. The van der Waals surface area contributed by atoms with Gasteiger partial charge in [0.2, 0.25) is 0 Å². The van der Waals surface area contributed by atoms with Gasteiger partial charge in [-0.3, -0.25) is 19.2 Å². The van der Waals surface area contributed by atoms with Gasteiger partial charge in [-0.1, -0.05) is 20.8 Å². The van der Waals surface area contributed by atoms with E-state index in [0.29, 0.717) is 5.56 Å². The Kier molecular flexibility index (Phi) is 6.23. The van der Waals surface area contributed by atoms with Gasteiger partial charge in [-0.05, 0) is 24.0 Å². The molecule has 5 aliphatic rings. The van der Waals surface area contributed by atoms with Crippen LogP contribution in [0.25, 0.3) is 0 Å². The highest BCUT2D eigenvalue weighted by Gasteiger charge is 2.82. The average Bonchev–Trinajstić information content (AvgIpc) is 3.50. The van der Waals surface area contributed by atoms with Crippen molar-refractivity contribution >= 4 is 23.5 Å². The maximum atomic E-state index is 14.9. The zero-order valence-corrected chi connectivity index (χ0v) is 23.9. The molecule has 4 aliphatic carbocycles. The second-order valence-electron chi connectivity index (χ2n) is 13.6. The van der Waals surface area contributed by atoms with Crippen molar-refractivity contribution in [3.05, 3.63) is 24.2 Å². The minimum absolute atomic E-state index is 0.0283. The Balaban J connectivity index is 1.57. The molecule has 0 unspecified atom stereocenters. The first-order valence-electron chi connectivity index (χ1n) is 14.2. The van der Waals surface area contributed by atoms with Crippen molar-refractivity contribution < 1.29 is 53.1 Å². The molecule has 4 saturated carbocycles. The smallest absolute Gasteiger partial charge is 0.303 e. The Morgan fingerprint density at radius 2 is 1.61 bits per heavy atom. The molecule has 2 heterocycles. The summed E-state index contributed by atoms with van der Waals surface area (Å²) in [5.74, 6) is -5.30. The van der Waals surface area contributed by atoms with Gasteiger partial charge in [-0.2, -0.15) is 0 Å². The number of carbonyl (C=O) groups excluding carboxylic acids is 4. The first kappa shape index (κ1) is 28.5. The summed E-state index contributed by atoms with van der Waals surface area (Å²) in [7, 11) is 0. The minimum Gasteiger partial charge on any atom is -0.472 e. The molecule has 0 aromatic carbocycles. The Morgan fingerprint density at radius 3 is 2.22 bits per heavy atom. The monoisotopic (exact) mass is 574 g/mol. The van der Waals surface area contributed by atoms with Gasteiger partial charge in [0, 0.05) is 60.7 Å². The number of hydrogen-bond acceptors (Lipinski definition) is 11. The molecule has 0 radical (unpaired) electrons. The number of hydrogen-bond donors (Lipinski definition) is 3. The Morgan fingerprint density at radius 1 is 0.927 bits per heavy atom. The van der Waals surface area contributed by atoms with E-state index in [4.69, 9.17) is 18.6 Å². The van der Waals surface area contributed by atoms with E-state index in [1.54, 1.807) is 26.8 Å². The Labute approximate surface area is 237 Å². The Bertz CT molecular complexity index is 1290. The van der Waals surface area contributed by atoms with E-state index in [-0.39, 0.29) is 31.7 Å². The molecule has 1 aromatic heterocycles. The van der Waals surface area contributed by atoms with Crippen molar-refractivity contribution in [2.24, 2.45) is 39.4 Å². The predicted octanol–water partition coefficient (Wildman–Crippen LogP) is 1.51. The van der Waals surface area contributed by atoms with E-state index in [0.717, 1.165) is 0 Å². The van der Waals surface area contributed by atoms with Crippen molar-refractivity contribution in [3.63, 3.8) is 0 Å². The van der Waals surface area contributed by atoms with Crippen LogP contribution in [0.15, 0.2) is 23.0 Å². The number of Topliss-reactive ketones (excluding diaryl/α,β-unsaturated/α-hetero) is 2. The molecule has 1 aromatic rings. The minimum atomic E-state index is -1.40. The van der Waals surface area contributed by atoms with Crippen LogP contribution in [0.3, 0.4) is 0 Å². The number of carbonyl (C=O) groups is 4. The number of aliphatic hydroxyl groups is 3. The molecule has 0 spiro atoms. The molecule has 11 nitrogen and oxygen atoms in total. The maximum Gasteiger partial charge on any atom is 0.303 e. The molecular weight excluding hydrogens is 536 g/mol. The molecule has 1 saturated heterocycles. The summed E-state index contributed by atoms with van der Waals surface area (Å²) in [6, 6.07) is 1.73. The molecule has 13 atom stereocenters. The quantitative estimate of drug-likeness (QED) is 0.447. The zero-order chi connectivity index (χ0) is 29.9. The van der Waals surface area contributed by atoms with Gasteiger partial charge < -0.3 is 33.9 Å². The highest BCUT2D eigenvalue weighted by Crippen LogP contribution is 2.75. The largest absolute Gasteiger partial charge is 0.472 e. The molecule has 1 aliphatic heterocycles. The Hall–Kier alpha value is -2.60. The van der Waals surface area contributed by atoms with Crippen LogP contribution in [0.5, 0.6) is 0 Å². The van der Waals surface area contributed by atoms with Crippen LogP contribution in [-0.4, -0.2) is 76.1 Å². The van der Waals surface area contributed by atoms with Crippen LogP contribution in [0, 0.1) is 39.4 Å². The van der Waals surface area contributed by atoms with Crippen molar-refractivity contribution in [1.82, 2.24) is 0 Å². The molecule has 5 fully saturated rings. The summed E-state index contributed by atoms with van der Waals surface area (Å²) < 4.78 is 22.6. The molecular formula is C30H38O11. The summed E-state index contributed by atoms with van der Waals surface area (Å²) in [5.41, 5.74) is -4.52. The molecule has 11 heteroatoms. The molecule has 224 valence electrons. The van der Waals surface area contributed by atoms with Crippen LogP contribution in [0.2, 0.25) is 0 Å². The van der Waals surface area contributed by atoms with Crippen molar-refractivity contribution in [3.8, 4) is 0 Å². The number of fused-ring (bicyclic) bond motifs is 3. The SMILES string of the molecule is CC(=O)O[C@@H]1C[C@H](O)[C@@]23CO[C@@H](O)[C@]1(C)[C@@H]2C[C@@H](O)[C@@]1(C)[C@@H]2C(=O)C[C@@H](c4ccoc4)[C@]2(C)[C@@H](OC(C)=O)C(=O)[C@@H]13. The van der Waals surface area contributed by atoms with Gasteiger partial charge in [0.1, 0.15) is 11.9 Å². The van der Waals surface area contributed by atoms with Crippen LogP contribution < -0.4 is 0 Å². The third-order valence-electron chi connectivity index (χ3n) is 11.9. The number of rotatable bonds is 3. The summed E-state index contributed by atoms with van der Waals surface area (Å²) in [6.45, 7) is 7.39. The molecule has 0 amide bonds. The summed E-state index contributed by atoms with van der Waals surface area (Å²) >= 11 is 0. The van der Waals surface area contributed by atoms with Crippen LogP contribution in [-0.2, 0) is 33.4 Å². The third kappa shape index (κ3) is 3.34. The van der Waals surface area contributed by atoms with E-state index < -0.39 is 93.8 Å². The van der Waals surface area contributed by atoms with E-state index in [1.807, 2.05) is 0 Å². The van der Waals surface area contributed by atoms with Gasteiger partial charge in [-0.25, -0.2) is 0 Å². The van der Waals surface area contributed by atoms with E-state index in [2.05, 4.69) is 0 Å². The van der Waals surface area contributed by atoms with Crippen LogP contribution in [0.1, 0.15) is 65.4 Å². The molecule has 2 bridgehead atoms. The normalized spacial score (nSPS) is 50.4. The second kappa shape index (κ2) is 8.95. The zero-order valence-electron chi connectivity index (χ0n) is 23.9. The number of esters is 2. The lowest BCUT2D eigenvalue weighted by atomic mass is 9.33. The number of furan rings is 1. The lowest BCUT2D eigenvalue weighted by molar-refractivity contribution is -0.371. The average molecular weight is 575 g/mol. The van der Waals surface area contributed by atoms with Crippen LogP contribution in [0.4, 0.5) is 0 Å². The second-order valence-corrected chi connectivity index (χ2v) is 13.6. The van der Waals surface area contributed by atoms with E-state index in [1.165, 1.54) is 26.4 Å². The topological polar surface area (TPSA) is 170 Å². The summed E-state index contributed by atoms with van der Waals surface area (Å²) in [4.78, 5) is 53.5. The lowest BCUT2D eigenvalue weighted by Gasteiger charge is -2.72. The van der Waals surface area contributed by atoms with Crippen molar-refractivity contribution in [1.29, 1.82) is 0 Å². The van der Waals surface area contributed by atoms with E-state index in [9.17, 15) is 34.5 Å². The fourth-order valence-corrected chi connectivity index (χ4v) is 10.3. The fraction of sp³-hybridized carbons (Fsp3) is 0.733. The maximum absolute atomic E-state index is 14.9. The highest BCUT2D eigenvalue weighted by atomic mass is 16.6. The van der Waals surface area contributed by atoms with Crippen molar-refractivity contribution in [2.75, 3.05) is 6.61 Å². The standard InChI is InChI=1S/C30H38O11/c1-13(31)40-21-10-20(35)30-12-39-26(37)28(21,4)18(30)9-19(34)29(5)23-17(33)8-16(15-6-7-38-11-15)27(23,3)25(41-14(2)32)22(36)24(29)30/h6-7,11,16,18-21,23-26,34-35,37H,8-10,12H2,1-5H3/t16-,18-,19+,20-,21+,23+,24-,25-,26+,27-,28+,29-,30+/m0/s1. The van der Waals surface area contributed by atoms with Crippen molar-refractivity contribution in [2.45, 2.75) is 90.5 Å². The van der Waals surface area contributed by atoms with E-state index >= 15 is 0 Å².